The molecule has 0 aromatic carbocycles. The van der Waals surface area contributed by atoms with Gasteiger partial charge in [0.25, 0.3) is 12.3 Å². The summed E-state index contributed by atoms with van der Waals surface area (Å²) in [7, 11) is 0. The number of nitrogens with zero attached hydrogens (tertiary/aromatic N) is 8. The molecular weight excluding hydrogens is 454 g/mol. The molecular formula is C19H16F2N10OS. The molecule has 5 aromatic rings. The highest BCUT2D eigenvalue weighted by molar-refractivity contribution is 7.14. The number of nitrogens with one attached hydrogen (secondary N) is 2. The largest absolute Gasteiger partial charge is 0.342 e. The third-order valence-corrected chi connectivity index (χ3v) is 5.84. The average molecular weight is 470 g/mol. The van der Waals surface area contributed by atoms with Crippen LogP contribution in [0.1, 0.15) is 46.1 Å². The van der Waals surface area contributed by atoms with E-state index in [1.54, 1.807) is 29.9 Å². The number of halogens is 2. The Hall–Kier alpha value is -4.07. The lowest BCUT2D eigenvalue weighted by molar-refractivity contribution is 0.0938. The SMILES string of the molecule is Cc1cnc(-c2cnc3c(-n4nncc4C(F)F)cc(C(=O)NC(C)c4ncn[nH]4)cn23)s1. The van der Waals surface area contributed by atoms with Crippen molar-refractivity contribution >= 4 is 22.9 Å². The molecule has 5 heterocycles. The number of alkyl halides is 2. The van der Waals surface area contributed by atoms with Crippen LogP contribution in [0.25, 0.3) is 22.0 Å². The molecule has 33 heavy (non-hydrogen) atoms. The van der Waals surface area contributed by atoms with Crippen LogP contribution < -0.4 is 5.32 Å². The number of rotatable bonds is 6. The Morgan fingerprint density at radius 1 is 1.21 bits per heavy atom. The molecule has 168 valence electrons. The van der Waals surface area contributed by atoms with E-state index >= 15 is 0 Å². The molecule has 0 fully saturated rings. The highest BCUT2D eigenvalue weighted by Gasteiger charge is 2.23. The number of aromatic nitrogens is 9. The van der Waals surface area contributed by atoms with Crippen molar-refractivity contribution in [2.45, 2.75) is 26.3 Å². The van der Waals surface area contributed by atoms with E-state index in [0.29, 0.717) is 22.2 Å². The molecule has 0 aliphatic heterocycles. The second-order valence-corrected chi connectivity index (χ2v) is 8.40. The van der Waals surface area contributed by atoms with E-state index in [0.717, 1.165) is 15.8 Å². The predicted molar refractivity (Wildman–Crippen MR) is 113 cm³/mol. The zero-order valence-corrected chi connectivity index (χ0v) is 18.1. The van der Waals surface area contributed by atoms with Gasteiger partial charge < -0.3 is 5.32 Å². The Kier molecular flexibility index (Phi) is 5.12. The third-order valence-electron chi connectivity index (χ3n) is 4.91. The summed E-state index contributed by atoms with van der Waals surface area (Å²) < 4.78 is 29.8. The molecule has 5 rings (SSSR count). The van der Waals surface area contributed by atoms with Crippen LogP contribution >= 0.6 is 11.3 Å². The minimum absolute atomic E-state index is 0.183. The maximum absolute atomic E-state index is 13.6. The molecule has 1 unspecified atom stereocenters. The molecule has 11 nitrogen and oxygen atoms in total. The summed E-state index contributed by atoms with van der Waals surface area (Å²) in [4.78, 5) is 26.9. The van der Waals surface area contributed by atoms with Crippen molar-refractivity contribution in [2.24, 2.45) is 0 Å². The summed E-state index contributed by atoms with van der Waals surface area (Å²) in [6.45, 7) is 3.66. The number of aryl methyl sites for hydroxylation is 1. The standard InChI is InChI=1S/C19H16F2N10OS/c1-9-4-23-19(33-9)14-5-22-17-12(31-13(15(20)21)6-25-29-31)3-11(7-30(14)17)18(32)27-10(2)16-24-8-26-28-16/h3-8,10,15H,1-2H3,(H,27,32)(H,24,26,28). The topological polar surface area (TPSA) is 132 Å². The molecule has 0 aliphatic rings. The Morgan fingerprint density at radius 2 is 2.06 bits per heavy atom. The zero-order valence-electron chi connectivity index (χ0n) is 17.3. The van der Waals surface area contributed by atoms with E-state index in [-0.39, 0.29) is 11.3 Å². The molecule has 0 spiro atoms. The minimum Gasteiger partial charge on any atom is -0.342 e. The first kappa shape index (κ1) is 20.8. The first-order chi connectivity index (χ1) is 15.9. The first-order valence-electron chi connectivity index (χ1n) is 9.71. The van der Waals surface area contributed by atoms with Gasteiger partial charge in [0.2, 0.25) is 0 Å². The number of amides is 1. The monoisotopic (exact) mass is 470 g/mol. The highest BCUT2D eigenvalue weighted by Crippen LogP contribution is 2.30. The van der Waals surface area contributed by atoms with E-state index in [2.05, 4.69) is 40.8 Å². The van der Waals surface area contributed by atoms with Crippen LogP contribution in [0.5, 0.6) is 0 Å². The Morgan fingerprint density at radius 3 is 2.76 bits per heavy atom. The smallest absolute Gasteiger partial charge is 0.282 e. The average Bonchev–Trinajstić information content (AvgIpc) is 3.59. The van der Waals surface area contributed by atoms with Crippen LogP contribution in [0.2, 0.25) is 0 Å². The van der Waals surface area contributed by atoms with Crippen LogP contribution in [0.3, 0.4) is 0 Å². The van der Waals surface area contributed by atoms with E-state index in [9.17, 15) is 13.6 Å². The van der Waals surface area contributed by atoms with Crippen molar-refractivity contribution in [3.05, 3.63) is 59.1 Å². The molecule has 1 amide bonds. The number of aromatic amines is 1. The fraction of sp³-hybridized carbons (Fsp3) is 0.211. The van der Waals surface area contributed by atoms with E-state index in [1.165, 1.54) is 23.7 Å². The van der Waals surface area contributed by atoms with Crippen molar-refractivity contribution < 1.29 is 13.6 Å². The van der Waals surface area contributed by atoms with E-state index in [1.807, 2.05) is 6.92 Å². The van der Waals surface area contributed by atoms with Crippen molar-refractivity contribution in [2.75, 3.05) is 0 Å². The zero-order chi connectivity index (χ0) is 23.1. The van der Waals surface area contributed by atoms with Crippen LogP contribution in [-0.4, -0.2) is 50.5 Å². The lowest BCUT2D eigenvalue weighted by Crippen LogP contribution is -2.28. The second-order valence-electron chi connectivity index (χ2n) is 7.16. The lowest BCUT2D eigenvalue weighted by Gasteiger charge is -2.14. The van der Waals surface area contributed by atoms with Crippen LogP contribution in [0.4, 0.5) is 8.78 Å². The van der Waals surface area contributed by atoms with Gasteiger partial charge in [-0.3, -0.25) is 14.3 Å². The van der Waals surface area contributed by atoms with Gasteiger partial charge in [-0.15, -0.1) is 16.4 Å². The molecule has 0 saturated carbocycles. The molecule has 0 bridgehead atoms. The molecule has 0 saturated heterocycles. The van der Waals surface area contributed by atoms with Gasteiger partial charge in [-0.1, -0.05) is 5.21 Å². The summed E-state index contributed by atoms with van der Waals surface area (Å²) in [5.41, 5.74) is 0.902. The molecule has 0 aliphatic carbocycles. The van der Waals surface area contributed by atoms with E-state index < -0.39 is 24.1 Å². The summed E-state index contributed by atoms with van der Waals surface area (Å²) in [6.07, 6.45) is 4.39. The van der Waals surface area contributed by atoms with Crippen molar-refractivity contribution in [3.8, 4) is 16.4 Å². The van der Waals surface area contributed by atoms with Gasteiger partial charge in [0.15, 0.2) is 5.65 Å². The second kappa shape index (κ2) is 8.12. The van der Waals surface area contributed by atoms with Gasteiger partial charge in [-0.2, -0.15) is 5.10 Å². The molecule has 1 atom stereocenters. The van der Waals surface area contributed by atoms with E-state index in [4.69, 9.17) is 0 Å². The van der Waals surface area contributed by atoms with Crippen molar-refractivity contribution in [3.63, 3.8) is 0 Å². The Balaban J connectivity index is 1.66. The fourth-order valence-corrected chi connectivity index (χ4v) is 4.10. The lowest BCUT2D eigenvalue weighted by atomic mass is 10.2. The highest BCUT2D eigenvalue weighted by atomic mass is 32.1. The van der Waals surface area contributed by atoms with Gasteiger partial charge in [-0.05, 0) is 19.9 Å². The fourth-order valence-electron chi connectivity index (χ4n) is 3.33. The number of H-pyrrole nitrogens is 1. The summed E-state index contributed by atoms with van der Waals surface area (Å²) in [6, 6.07) is 0.980. The van der Waals surface area contributed by atoms with Gasteiger partial charge in [0, 0.05) is 17.3 Å². The maximum atomic E-state index is 13.6. The maximum Gasteiger partial charge on any atom is 0.282 e. The van der Waals surface area contributed by atoms with Crippen LogP contribution in [-0.2, 0) is 0 Å². The van der Waals surface area contributed by atoms with Crippen LogP contribution in [0, 0.1) is 6.92 Å². The number of carbonyl (C=O) groups excluding carboxylic acids is 1. The quantitative estimate of drug-likeness (QED) is 0.390. The van der Waals surface area contributed by atoms with Crippen molar-refractivity contribution in [1.82, 2.24) is 49.9 Å². The van der Waals surface area contributed by atoms with Crippen molar-refractivity contribution in [1.29, 1.82) is 0 Å². The molecule has 2 N–H and O–H groups in total. The Bertz CT molecular complexity index is 1440. The number of fused-ring (bicyclic) bond motifs is 1. The normalized spacial score (nSPS) is 12.5. The van der Waals surface area contributed by atoms with Gasteiger partial charge in [0.05, 0.1) is 24.0 Å². The number of thiazole rings is 1. The summed E-state index contributed by atoms with van der Waals surface area (Å²) in [5.74, 6) is 0.0261. The van der Waals surface area contributed by atoms with Gasteiger partial charge >= 0.3 is 0 Å². The third kappa shape index (κ3) is 3.73. The number of pyridine rings is 1. The first-order valence-corrected chi connectivity index (χ1v) is 10.5. The molecule has 14 heteroatoms. The summed E-state index contributed by atoms with van der Waals surface area (Å²) >= 11 is 1.45. The Labute approximate surface area is 188 Å². The number of hydrogen-bond donors (Lipinski definition) is 2. The number of imidazole rings is 1. The number of hydrogen-bond acceptors (Lipinski definition) is 8. The van der Waals surface area contributed by atoms with Crippen LogP contribution in [0.15, 0.2) is 37.2 Å². The summed E-state index contributed by atoms with van der Waals surface area (Å²) in [5, 5.41) is 17.4. The van der Waals surface area contributed by atoms with Gasteiger partial charge in [0.1, 0.15) is 34.2 Å². The molecule has 0 radical (unpaired) electrons. The predicted octanol–water partition coefficient (Wildman–Crippen LogP) is 2.89. The molecule has 5 aromatic heterocycles. The number of carbonyl (C=O) groups is 1. The minimum atomic E-state index is -2.82. The van der Waals surface area contributed by atoms with Gasteiger partial charge in [-0.25, -0.2) is 28.4 Å².